The minimum Gasteiger partial charge on any atom is -0.372 e. The molecule has 1 aromatic carbocycles. The number of hydrogen-bond donors (Lipinski definition) is 1. The molecule has 5 heteroatoms. The Morgan fingerprint density at radius 3 is 2.52 bits per heavy atom. The SMILES string of the molecule is Cc1nocc1C(=O)Nc1ccc(N2CCCCC2)cc1. The molecule has 2 aromatic rings. The summed E-state index contributed by atoms with van der Waals surface area (Å²) < 4.78 is 4.79. The monoisotopic (exact) mass is 285 g/mol. The topological polar surface area (TPSA) is 58.4 Å². The Balaban J connectivity index is 1.67. The molecule has 1 N–H and O–H groups in total. The predicted octanol–water partition coefficient (Wildman–Crippen LogP) is 3.23. The summed E-state index contributed by atoms with van der Waals surface area (Å²) in [5, 5.41) is 6.57. The molecule has 0 unspecified atom stereocenters. The van der Waals surface area contributed by atoms with E-state index >= 15 is 0 Å². The lowest BCUT2D eigenvalue weighted by Crippen LogP contribution is -2.29. The second-order valence-electron chi connectivity index (χ2n) is 5.36. The van der Waals surface area contributed by atoms with Crippen molar-refractivity contribution in [3.8, 4) is 0 Å². The summed E-state index contributed by atoms with van der Waals surface area (Å²) >= 11 is 0. The zero-order chi connectivity index (χ0) is 14.7. The van der Waals surface area contributed by atoms with Crippen molar-refractivity contribution in [1.29, 1.82) is 0 Å². The number of amides is 1. The number of anilines is 2. The largest absolute Gasteiger partial charge is 0.372 e. The second kappa shape index (κ2) is 5.99. The Hall–Kier alpha value is -2.30. The maximum absolute atomic E-state index is 12.1. The van der Waals surface area contributed by atoms with Gasteiger partial charge in [0.25, 0.3) is 5.91 Å². The highest BCUT2D eigenvalue weighted by Gasteiger charge is 2.14. The standard InChI is InChI=1S/C16H19N3O2/c1-12-15(11-21-18-12)16(20)17-13-5-7-14(8-6-13)19-9-3-2-4-10-19/h5-8,11H,2-4,9-10H2,1H3,(H,17,20). The predicted molar refractivity (Wildman–Crippen MR) is 81.7 cm³/mol. The number of nitrogens with zero attached hydrogens (tertiary/aromatic N) is 2. The van der Waals surface area contributed by atoms with Crippen LogP contribution in [0.15, 0.2) is 35.1 Å². The van der Waals surface area contributed by atoms with Crippen LogP contribution in [0.1, 0.15) is 35.3 Å². The molecule has 1 aliphatic heterocycles. The van der Waals surface area contributed by atoms with Crippen LogP contribution < -0.4 is 10.2 Å². The van der Waals surface area contributed by atoms with Crippen molar-refractivity contribution in [3.05, 3.63) is 41.8 Å². The van der Waals surface area contributed by atoms with Gasteiger partial charge in [-0.05, 0) is 50.5 Å². The summed E-state index contributed by atoms with van der Waals surface area (Å²) in [6.07, 6.45) is 5.20. The van der Waals surface area contributed by atoms with E-state index in [0.717, 1.165) is 18.8 Å². The normalized spacial score (nSPS) is 15.0. The number of nitrogens with one attached hydrogen (secondary N) is 1. The molecule has 0 spiro atoms. The number of aryl methyl sites for hydroxylation is 1. The van der Waals surface area contributed by atoms with Crippen molar-refractivity contribution in [2.45, 2.75) is 26.2 Å². The van der Waals surface area contributed by atoms with Crippen LogP contribution in [-0.2, 0) is 0 Å². The lowest BCUT2D eigenvalue weighted by Gasteiger charge is -2.28. The highest BCUT2D eigenvalue weighted by molar-refractivity contribution is 6.04. The van der Waals surface area contributed by atoms with Crippen molar-refractivity contribution in [1.82, 2.24) is 5.16 Å². The first-order valence-corrected chi connectivity index (χ1v) is 7.31. The van der Waals surface area contributed by atoms with E-state index in [0.29, 0.717) is 11.3 Å². The molecule has 0 bridgehead atoms. The van der Waals surface area contributed by atoms with Gasteiger partial charge in [0.15, 0.2) is 0 Å². The summed E-state index contributed by atoms with van der Waals surface area (Å²) in [6, 6.07) is 7.98. The molecule has 0 saturated carbocycles. The molecule has 3 rings (SSSR count). The molecule has 1 aliphatic rings. The van der Waals surface area contributed by atoms with Gasteiger partial charge in [-0.2, -0.15) is 0 Å². The van der Waals surface area contributed by atoms with E-state index < -0.39 is 0 Å². The number of carbonyl (C=O) groups is 1. The van der Waals surface area contributed by atoms with Gasteiger partial charge in [-0.25, -0.2) is 0 Å². The maximum Gasteiger partial charge on any atom is 0.260 e. The van der Waals surface area contributed by atoms with Gasteiger partial charge >= 0.3 is 0 Å². The van der Waals surface area contributed by atoms with Crippen LogP contribution in [-0.4, -0.2) is 24.2 Å². The van der Waals surface area contributed by atoms with Crippen LogP contribution in [0.25, 0.3) is 0 Å². The van der Waals surface area contributed by atoms with Gasteiger partial charge in [-0.15, -0.1) is 0 Å². The van der Waals surface area contributed by atoms with Gasteiger partial charge < -0.3 is 14.7 Å². The number of piperidine rings is 1. The smallest absolute Gasteiger partial charge is 0.260 e. The number of carbonyl (C=O) groups excluding carboxylic acids is 1. The average Bonchev–Trinajstić information content (AvgIpc) is 2.95. The highest BCUT2D eigenvalue weighted by atomic mass is 16.5. The van der Waals surface area contributed by atoms with Crippen molar-refractivity contribution in [2.75, 3.05) is 23.3 Å². The van der Waals surface area contributed by atoms with Gasteiger partial charge in [0.05, 0.1) is 5.69 Å². The minimum absolute atomic E-state index is 0.195. The van der Waals surface area contributed by atoms with E-state index in [1.54, 1.807) is 6.92 Å². The van der Waals surface area contributed by atoms with Crippen LogP contribution in [0.2, 0.25) is 0 Å². The van der Waals surface area contributed by atoms with Crippen LogP contribution in [0.5, 0.6) is 0 Å². The molecule has 0 atom stereocenters. The highest BCUT2D eigenvalue weighted by Crippen LogP contribution is 2.22. The summed E-state index contributed by atoms with van der Waals surface area (Å²) in [7, 11) is 0. The zero-order valence-corrected chi connectivity index (χ0v) is 12.1. The van der Waals surface area contributed by atoms with Gasteiger partial charge in [0.1, 0.15) is 11.8 Å². The summed E-state index contributed by atoms with van der Waals surface area (Å²) in [4.78, 5) is 14.4. The lowest BCUT2D eigenvalue weighted by atomic mass is 10.1. The van der Waals surface area contributed by atoms with E-state index in [9.17, 15) is 4.79 Å². The molecule has 2 heterocycles. The number of hydrogen-bond acceptors (Lipinski definition) is 4. The molecule has 21 heavy (non-hydrogen) atoms. The van der Waals surface area contributed by atoms with Gasteiger partial charge in [0, 0.05) is 24.5 Å². The van der Waals surface area contributed by atoms with E-state index in [1.165, 1.54) is 31.2 Å². The van der Waals surface area contributed by atoms with E-state index in [4.69, 9.17) is 4.52 Å². The molecule has 5 nitrogen and oxygen atoms in total. The average molecular weight is 285 g/mol. The quantitative estimate of drug-likeness (QED) is 0.940. The van der Waals surface area contributed by atoms with Crippen molar-refractivity contribution in [3.63, 3.8) is 0 Å². The van der Waals surface area contributed by atoms with E-state index in [-0.39, 0.29) is 5.91 Å². The molecule has 1 aromatic heterocycles. The molecule has 1 saturated heterocycles. The third kappa shape index (κ3) is 3.07. The fourth-order valence-corrected chi connectivity index (χ4v) is 2.62. The summed E-state index contributed by atoms with van der Waals surface area (Å²) in [6.45, 7) is 3.98. The zero-order valence-electron chi connectivity index (χ0n) is 12.1. The van der Waals surface area contributed by atoms with E-state index in [2.05, 4.69) is 27.5 Å². The van der Waals surface area contributed by atoms with Gasteiger partial charge in [-0.1, -0.05) is 5.16 Å². The lowest BCUT2D eigenvalue weighted by molar-refractivity contribution is 0.102. The van der Waals surface area contributed by atoms with Crippen molar-refractivity contribution in [2.24, 2.45) is 0 Å². The van der Waals surface area contributed by atoms with Crippen LogP contribution in [0, 0.1) is 6.92 Å². The first-order valence-electron chi connectivity index (χ1n) is 7.31. The van der Waals surface area contributed by atoms with Crippen LogP contribution in [0.3, 0.4) is 0 Å². The Labute approximate surface area is 123 Å². The molecular formula is C16H19N3O2. The maximum atomic E-state index is 12.1. The molecule has 1 fully saturated rings. The Kier molecular flexibility index (Phi) is 3.90. The second-order valence-corrected chi connectivity index (χ2v) is 5.36. The van der Waals surface area contributed by atoms with Crippen LogP contribution in [0.4, 0.5) is 11.4 Å². The minimum atomic E-state index is -0.195. The Morgan fingerprint density at radius 1 is 1.19 bits per heavy atom. The third-order valence-corrected chi connectivity index (χ3v) is 3.84. The molecule has 110 valence electrons. The van der Waals surface area contributed by atoms with Gasteiger partial charge in [-0.3, -0.25) is 4.79 Å². The van der Waals surface area contributed by atoms with E-state index in [1.807, 2.05) is 12.1 Å². The Bertz CT molecular complexity index is 613. The first-order chi connectivity index (χ1) is 10.2. The summed E-state index contributed by atoms with van der Waals surface area (Å²) in [5.41, 5.74) is 3.06. The van der Waals surface area contributed by atoms with Crippen LogP contribution >= 0.6 is 0 Å². The number of benzene rings is 1. The fraction of sp³-hybridized carbons (Fsp3) is 0.375. The fourth-order valence-electron chi connectivity index (χ4n) is 2.62. The Morgan fingerprint density at radius 2 is 1.90 bits per heavy atom. The number of aromatic nitrogens is 1. The molecule has 0 radical (unpaired) electrons. The number of rotatable bonds is 3. The first kappa shape index (κ1) is 13.7. The van der Waals surface area contributed by atoms with Crippen molar-refractivity contribution < 1.29 is 9.32 Å². The third-order valence-electron chi connectivity index (χ3n) is 3.84. The van der Waals surface area contributed by atoms with Gasteiger partial charge in [0.2, 0.25) is 0 Å². The molecular weight excluding hydrogens is 266 g/mol. The molecule has 0 aliphatic carbocycles. The van der Waals surface area contributed by atoms with Crippen molar-refractivity contribution >= 4 is 17.3 Å². The molecule has 1 amide bonds. The summed E-state index contributed by atoms with van der Waals surface area (Å²) in [5.74, 6) is -0.195.